The van der Waals surface area contributed by atoms with Crippen molar-refractivity contribution in [1.29, 1.82) is 0 Å². The number of aromatic nitrogens is 3. The van der Waals surface area contributed by atoms with Crippen LogP contribution in [0.2, 0.25) is 0 Å². The Bertz CT molecular complexity index is 691. The van der Waals surface area contributed by atoms with Crippen LogP contribution in [0.25, 0.3) is 0 Å². The van der Waals surface area contributed by atoms with Gasteiger partial charge in [0.2, 0.25) is 0 Å². The summed E-state index contributed by atoms with van der Waals surface area (Å²) in [5.41, 5.74) is 1.56. The first-order chi connectivity index (χ1) is 12.1. The van der Waals surface area contributed by atoms with E-state index >= 15 is 0 Å². The molecular weight excluding hydrogens is 314 g/mol. The molecule has 3 rings (SSSR count). The summed E-state index contributed by atoms with van der Waals surface area (Å²) in [6, 6.07) is 10.5. The van der Waals surface area contributed by atoms with Crippen molar-refractivity contribution in [2.75, 3.05) is 20.1 Å². The van der Waals surface area contributed by atoms with Crippen molar-refractivity contribution in [3.05, 3.63) is 47.8 Å². The number of benzene rings is 1. The molecule has 0 aliphatic carbocycles. The number of amides is 1. The lowest BCUT2D eigenvalue weighted by atomic mass is 9.94. The average molecular weight is 341 g/mol. The number of carbonyl (C=O) groups excluding carboxylic acids is 1. The fraction of sp³-hybridized carbons (Fsp3) is 0.526. The molecule has 6 nitrogen and oxygen atoms in total. The number of piperidine rings is 1. The molecule has 1 aliphatic rings. The zero-order valence-corrected chi connectivity index (χ0v) is 15.2. The number of nitrogens with zero attached hydrogens (tertiary/aromatic N) is 4. The van der Waals surface area contributed by atoms with E-state index in [-0.39, 0.29) is 11.9 Å². The maximum atomic E-state index is 13.0. The average Bonchev–Trinajstić information content (AvgIpc) is 3.12. The summed E-state index contributed by atoms with van der Waals surface area (Å²) >= 11 is 0. The lowest BCUT2D eigenvalue weighted by Gasteiger charge is -2.31. The van der Waals surface area contributed by atoms with Crippen LogP contribution in [0.5, 0.6) is 0 Å². The van der Waals surface area contributed by atoms with Crippen LogP contribution < -0.4 is 5.32 Å². The van der Waals surface area contributed by atoms with Crippen LogP contribution in [0.3, 0.4) is 0 Å². The standard InChI is InChI=1S/C19H27N5O/c1-14(2)18(15-7-5-4-6-8-15)23(3)19(25)17-13-24(22-21-17)16-9-11-20-12-10-16/h4-8,13-14,16,18,20H,9-12H2,1-3H3. The minimum atomic E-state index is -0.0808. The van der Waals surface area contributed by atoms with E-state index in [9.17, 15) is 4.79 Å². The quantitative estimate of drug-likeness (QED) is 0.908. The van der Waals surface area contributed by atoms with E-state index in [0.717, 1.165) is 31.5 Å². The molecule has 1 saturated heterocycles. The highest BCUT2D eigenvalue weighted by atomic mass is 16.2. The molecule has 2 heterocycles. The largest absolute Gasteiger partial charge is 0.333 e. The Hall–Kier alpha value is -2.21. The van der Waals surface area contributed by atoms with Gasteiger partial charge in [-0.2, -0.15) is 0 Å². The van der Waals surface area contributed by atoms with Crippen molar-refractivity contribution < 1.29 is 4.79 Å². The smallest absolute Gasteiger partial charge is 0.276 e. The molecule has 0 spiro atoms. The van der Waals surface area contributed by atoms with Crippen molar-refractivity contribution in [2.45, 2.75) is 38.8 Å². The molecule has 1 unspecified atom stereocenters. The highest BCUT2D eigenvalue weighted by molar-refractivity contribution is 5.92. The van der Waals surface area contributed by atoms with Crippen LogP contribution in [0.1, 0.15) is 54.8 Å². The molecule has 1 N–H and O–H groups in total. The predicted molar refractivity (Wildman–Crippen MR) is 97.3 cm³/mol. The van der Waals surface area contributed by atoms with Gasteiger partial charge in [0.1, 0.15) is 0 Å². The Morgan fingerprint density at radius 2 is 1.92 bits per heavy atom. The van der Waals surface area contributed by atoms with Crippen LogP contribution >= 0.6 is 0 Å². The zero-order chi connectivity index (χ0) is 17.8. The first-order valence-corrected chi connectivity index (χ1v) is 9.02. The molecule has 6 heteroatoms. The van der Waals surface area contributed by atoms with Crippen LogP contribution in [0.4, 0.5) is 0 Å². The molecule has 0 saturated carbocycles. The van der Waals surface area contributed by atoms with Gasteiger partial charge in [0, 0.05) is 7.05 Å². The zero-order valence-electron chi connectivity index (χ0n) is 15.2. The Kier molecular flexibility index (Phi) is 5.48. The van der Waals surface area contributed by atoms with Crippen molar-refractivity contribution in [2.24, 2.45) is 5.92 Å². The Labute approximate surface area is 149 Å². The number of carbonyl (C=O) groups is 1. The fourth-order valence-electron chi connectivity index (χ4n) is 3.64. The maximum absolute atomic E-state index is 13.0. The van der Waals surface area contributed by atoms with Crippen LogP contribution in [0.15, 0.2) is 36.5 Å². The summed E-state index contributed by atoms with van der Waals surface area (Å²) in [7, 11) is 1.85. The normalized spacial score (nSPS) is 16.8. The topological polar surface area (TPSA) is 63.1 Å². The highest BCUT2D eigenvalue weighted by Crippen LogP contribution is 2.28. The monoisotopic (exact) mass is 341 g/mol. The second-order valence-corrected chi connectivity index (χ2v) is 7.08. The van der Waals surface area contributed by atoms with E-state index in [1.165, 1.54) is 0 Å². The molecule has 25 heavy (non-hydrogen) atoms. The third-order valence-corrected chi connectivity index (χ3v) is 4.92. The van der Waals surface area contributed by atoms with Gasteiger partial charge in [-0.25, -0.2) is 4.68 Å². The van der Waals surface area contributed by atoms with E-state index in [1.54, 1.807) is 11.1 Å². The van der Waals surface area contributed by atoms with Crippen LogP contribution in [-0.2, 0) is 0 Å². The lowest BCUT2D eigenvalue weighted by Crippen LogP contribution is -2.34. The molecule has 2 aromatic rings. The second kappa shape index (κ2) is 7.78. The molecule has 1 aromatic carbocycles. The van der Waals surface area contributed by atoms with Gasteiger partial charge in [0.15, 0.2) is 5.69 Å². The fourth-order valence-corrected chi connectivity index (χ4v) is 3.64. The van der Waals surface area contributed by atoms with E-state index in [1.807, 2.05) is 29.9 Å². The van der Waals surface area contributed by atoms with Crippen molar-refractivity contribution in [1.82, 2.24) is 25.2 Å². The van der Waals surface area contributed by atoms with E-state index in [4.69, 9.17) is 0 Å². The predicted octanol–water partition coefficient (Wildman–Crippen LogP) is 2.67. The Morgan fingerprint density at radius 3 is 2.56 bits per heavy atom. The highest BCUT2D eigenvalue weighted by Gasteiger charge is 2.27. The Balaban J connectivity index is 1.78. The summed E-state index contributed by atoms with van der Waals surface area (Å²) in [5, 5.41) is 11.7. The molecule has 0 radical (unpaired) electrons. The lowest BCUT2D eigenvalue weighted by molar-refractivity contribution is 0.0681. The summed E-state index contributed by atoms with van der Waals surface area (Å²) in [4.78, 5) is 14.7. The third-order valence-electron chi connectivity index (χ3n) is 4.92. The van der Waals surface area contributed by atoms with Crippen LogP contribution in [-0.4, -0.2) is 45.9 Å². The summed E-state index contributed by atoms with van der Waals surface area (Å²) in [6.45, 7) is 6.23. The molecule has 134 valence electrons. The van der Waals surface area contributed by atoms with Crippen LogP contribution in [0, 0.1) is 5.92 Å². The Morgan fingerprint density at radius 1 is 1.24 bits per heavy atom. The summed E-state index contributed by atoms with van der Waals surface area (Å²) < 4.78 is 1.86. The molecule has 1 amide bonds. The maximum Gasteiger partial charge on any atom is 0.276 e. The van der Waals surface area contributed by atoms with Gasteiger partial charge in [0.05, 0.1) is 18.3 Å². The van der Waals surface area contributed by atoms with Gasteiger partial charge < -0.3 is 10.2 Å². The van der Waals surface area contributed by atoms with Gasteiger partial charge in [-0.05, 0) is 37.4 Å². The summed E-state index contributed by atoms with van der Waals surface area (Å²) in [6.07, 6.45) is 3.84. The number of hydrogen-bond donors (Lipinski definition) is 1. The number of nitrogens with one attached hydrogen (secondary N) is 1. The van der Waals surface area contributed by atoms with E-state index < -0.39 is 0 Å². The first-order valence-electron chi connectivity index (χ1n) is 9.02. The van der Waals surface area contributed by atoms with Gasteiger partial charge in [-0.3, -0.25) is 4.79 Å². The van der Waals surface area contributed by atoms with E-state index in [0.29, 0.717) is 17.7 Å². The SMILES string of the molecule is CC(C)C(c1ccccc1)N(C)C(=O)c1cn(C2CCNCC2)nn1. The molecule has 0 bridgehead atoms. The van der Waals surface area contributed by atoms with Gasteiger partial charge in [-0.15, -0.1) is 5.10 Å². The number of hydrogen-bond acceptors (Lipinski definition) is 4. The minimum absolute atomic E-state index is 0.0118. The number of rotatable bonds is 5. The van der Waals surface area contributed by atoms with Crippen molar-refractivity contribution >= 4 is 5.91 Å². The van der Waals surface area contributed by atoms with Gasteiger partial charge >= 0.3 is 0 Å². The molecule has 1 fully saturated rings. The second-order valence-electron chi connectivity index (χ2n) is 7.08. The first kappa shape index (κ1) is 17.6. The third kappa shape index (κ3) is 3.90. The van der Waals surface area contributed by atoms with Gasteiger partial charge in [0.25, 0.3) is 5.91 Å². The minimum Gasteiger partial charge on any atom is -0.333 e. The van der Waals surface area contributed by atoms with Crippen molar-refractivity contribution in [3.8, 4) is 0 Å². The molecule has 1 aliphatic heterocycles. The molecule has 1 atom stereocenters. The van der Waals surface area contributed by atoms with Crippen molar-refractivity contribution in [3.63, 3.8) is 0 Å². The molecular formula is C19H27N5O. The molecule has 1 aromatic heterocycles. The van der Waals surface area contributed by atoms with E-state index in [2.05, 4.69) is 41.6 Å². The summed E-state index contributed by atoms with van der Waals surface area (Å²) in [5.74, 6) is 0.221. The van der Waals surface area contributed by atoms with Gasteiger partial charge in [-0.1, -0.05) is 49.4 Å².